The van der Waals surface area contributed by atoms with Crippen molar-refractivity contribution in [3.63, 3.8) is 0 Å². The summed E-state index contributed by atoms with van der Waals surface area (Å²) in [6.07, 6.45) is 4.29. The number of nitrogens with one attached hydrogen (secondary N) is 1. The topological polar surface area (TPSA) is 85.9 Å². The summed E-state index contributed by atoms with van der Waals surface area (Å²) < 4.78 is 1.74. The van der Waals surface area contributed by atoms with Gasteiger partial charge in [-0.05, 0) is 25.1 Å². The number of hydrogen-bond donors (Lipinski definition) is 1. The van der Waals surface area contributed by atoms with Gasteiger partial charge in [0.05, 0.1) is 11.1 Å². The van der Waals surface area contributed by atoms with Gasteiger partial charge in [0.15, 0.2) is 0 Å². The maximum absolute atomic E-state index is 10.9. The lowest BCUT2D eigenvalue weighted by atomic mass is 10.2. The van der Waals surface area contributed by atoms with Crippen LogP contribution in [-0.2, 0) is 13.1 Å². The van der Waals surface area contributed by atoms with Crippen molar-refractivity contribution in [3.05, 3.63) is 51.3 Å². The van der Waals surface area contributed by atoms with Crippen molar-refractivity contribution in [2.75, 3.05) is 6.54 Å². The molecule has 0 bridgehead atoms. The molecule has 0 unspecified atom stereocenters. The molecular formula is C12H14ClN5O2. The maximum atomic E-state index is 10.9. The first-order valence-electron chi connectivity index (χ1n) is 6.14. The van der Waals surface area contributed by atoms with Crippen LogP contribution in [0.25, 0.3) is 0 Å². The van der Waals surface area contributed by atoms with Crippen LogP contribution in [-0.4, -0.2) is 26.5 Å². The van der Waals surface area contributed by atoms with Crippen molar-refractivity contribution in [1.82, 2.24) is 20.3 Å². The Hall–Kier alpha value is -1.99. The molecule has 0 spiro atoms. The Morgan fingerprint density at radius 3 is 3.00 bits per heavy atom. The molecule has 0 saturated heterocycles. The van der Waals surface area contributed by atoms with E-state index in [0.717, 1.165) is 19.5 Å². The van der Waals surface area contributed by atoms with Crippen LogP contribution in [0.1, 0.15) is 12.0 Å². The first kappa shape index (κ1) is 14.4. The third-order valence-electron chi connectivity index (χ3n) is 2.77. The second kappa shape index (κ2) is 6.97. The summed E-state index contributed by atoms with van der Waals surface area (Å²) >= 11 is 5.76. The number of aromatic nitrogens is 3. The van der Waals surface area contributed by atoms with Gasteiger partial charge < -0.3 is 5.32 Å². The quantitative estimate of drug-likeness (QED) is 0.480. The molecule has 0 fully saturated rings. The fourth-order valence-corrected chi connectivity index (χ4v) is 1.96. The van der Waals surface area contributed by atoms with Crippen LogP contribution in [0.15, 0.2) is 30.6 Å². The van der Waals surface area contributed by atoms with E-state index >= 15 is 0 Å². The standard InChI is InChI=1S/C12H14ClN5O2/c13-11-3-2-10(12(8-11)18(19)20)9-14-4-1-6-17-7-5-15-16-17/h2-3,5,7-8,14H,1,4,6,9H2. The first-order valence-corrected chi connectivity index (χ1v) is 6.52. The number of nitrogens with zero attached hydrogens (tertiary/aromatic N) is 4. The van der Waals surface area contributed by atoms with E-state index < -0.39 is 4.92 Å². The van der Waals surface area contributed by atoms with Gasteiger partial charge in [0.25, 0.3) is 5.69 Å². The molecule has 1 aromatic carbocycles. The summed E-state index contributed by atoms with van der Waals surface area (Å²) in [7, 11) is 0. The number of hydrogen-bond acceptors (Lipinski definition) is 5. The fraction of sp³-hybridized carbons (Fsp3) is 0.333. The van der Waals surface area contributed by atoms with Crippen molar-refractivity contribution in [2.45, 2.75) is 19.5 Å². The molecule has 0 saturated carbocycles. The van der Waals surface area contributed by atoms with E-state index in [1.54, 1.807) is 29.2 Å². The SMILES string of the molecule is O=[N+]([O-])c1cc(Cl)ccc1CNCCCn1ccnn1. The second-order valence-electron chi connectivity index (χ2n) is 4.23. The van der Waals surface area contributed by atoms with Crippen LogP contribution in [0.4, 0.5) is 5.69 Å². The summed E-state index contributed by atoms with van der Waals surface area (Å²) in [6, 6.07) is 4.69. The van der Waals surface area contributed by atoms with Gasteiger partial charge in [-0.1, -0.05) is 16.8 Å². The van der Waals surface area contributed by atoms with Crippen molar-refractivity contribution in [3.8, 4) is 0 Å². The molecule has 2 aromatic rings. The highest BCUT2D eigenvalue weighted by Crippen LogP contribution is 2.22. The summed E-state index contributed by atoms with van der Waals surface area (Å²) in [6.45, 7) is 1.93. The summed E-state index contributed by atoms with van der Waals surface area (Å²) in [5, 5.41) is 22.0. The Morgan fingerprint density at radius 2 is 2.30 bits per heavy atom. The predicted molar refractivity (Wildman–Crippen MR) is 74.5 cm³/mol. The van der Waals surface area contributed by atoms with Gasteiger partial charge in [-0.25, -0.2) is 0 Å². The lowest BCUT2D eigenvalue weighted by molar-refractivity contribution is -0.385. The smallest absolute Gasteiger partial charge is 0.275 e. The van der Waals surface area contributed by atoms with Crippen LogP contribution in [0, 0.1) is 10.1 Å². The largest absolute Gasteiger partial charge is 0.312 e. The van der Waals surface area contributed by atoms with E-state index in [9.17, 15) is 10.1 Å². The van der Waals surface area contributed by atoms with Crippen molar-refractivity contribution < 1.29 is 4.92 Å². The van der Waals surface area contributed by atoms with E-state index in [1.165, 1.54) is 6.07 Å². The average molecular weight is 296 g/mol. The molecule has 0 aliphatic heterocycles. The molecular weight excluding hydrogens is 282 g/mol. The molecule has 2 rings (SSSR count). The fourth-order valence-electron chi connectivity index (χ4n) is 1.80. The van der Waals surface area contributed by atoms with Crippen molar-refractivity contribution >= 4 is 17.3 Å². The van der Waals surface area contributed by atoms with E-state index in [-0.39, 0.29) is 5.69 Å². The molecule has 1 aromatic heterocycles. The average Bonchev–Trinajstić information content (AvgIpc) is 2.92. The van der Waals surface area contributed by atoms with Crippen LogP contribution in [0.3, 0.4) is 0 Å². The van der Waals surface area contributed by atoms with E-state index in [4.69, 9.17) is 11.6 Å². The van der Waals surface area contributed by atoms with Gasteiger partial charge in [-0.2, -0.15) is 0 Å². The van der Waals surface area contributed by atoms with E-state index in [2.05, 4.69) is 15.6 Å². The number of benzene rings is 1. The zero-order valence-electron chi connectivity index (χ0n) is 10.7. The zero-order valence-corrected chi connectivity index (χ0v) is 11.5. The Balaban J connectivity index is 1.80. The lowest BCUT2D eigenvalue weighted by Crippen LogP contribution is -2.17. The molecule has 0 aliphatic carbocycles. The first-order chi connectivity index (χ1) is 9.66. The van der Waals surface area contributed by atoms with E-state index in [1.807, 2.05) is 0 Å². The number of nitro groups is 1. The van der Waals surface area contributed by atoms with Crippen LogP contribution in [0.2, 0.25) is 5.02 Å². The Kier molecular flexibility index (Phi) is 5.03. The number of aryl methyl sites for hydroxylation is 1. The van der Waals surface area contributed by atoms with Crippen LogP contribution >= 0.6 is 11.6 Å². The molecule has 0 amide bonds. The minimum atomic E-state index is -0.418. The van der Waals surface area contributed by atoms with Gasteiger partial charge in [0.2, 0.25) is 0 Å². The summed E-state index contributed by atoms with van der Waals surface area (Å²) in [4.78, 5) is 10.5. The molecule has 1 N–H and O–H groups in total. The molecule has 20 heavy (non-hydrogen) atoms. The highest BCUT2D eigenvalue weighted by molar-refractivity contribution is 6.30. The van der Waals surface area contributed by atoms with Gasteiger partial charge >= 0.3 is 0 Å². The highest BCUT2D eigenvalue weighted by atomic mass is 35.5. The molecule has 0 radical (unpaired) electrons. The molecule has 0 aliphatic rings. The highest BCUT2D eigenvalue weighted by Gasteiger charge is 2.13. The second-order valence-corrected chi connectivity index (χ2v) is 4.66. The monoisotopic (exact) mass is 295 g/mol. The van der Waals surface area contributed by atoms with E-state index in [0.29, 0.717) is 17.1 Å². The number of halogens is 1. The Morgan fingerprint density at radius 1 is 1.45 bits per heavy atom. The molecule has 8 heteroatoms. The Bertz CT molecular complexity index is 573. The molecule has 106 valence electrons. The maximum Gasteiger partial charge on any atom is 0.275 e. The molecule has 0 atom stereocenters. The Labute approximate surface area is 120 Å². The summed E-state index contributed by atoms with van der Waals surface area (Å²) in [5.74, 6) is 0. The van der Waals surface area contributed by atoms with Gasteiger partial charge in [-0.3, -0.25) is 14.8 Å². The normalized spacial score (nSPS) is 10.7. The summed E-state index contributed by atoms with van der Waals surface area (Å²) in [5.41, 5.74) is 0.668. The number of rotatable bonds is 7. The third kappa shape index (κ3) is 4.01. The van der Waals surface area contributed by atoms with Crippen LogP contribution < -0.4 is 5.32 Å². The molecule has 7 nitrogen and oxygen atoms in total. The zero-order chi connectivity index (χ0) is 14.4. The minimum absolute atomic E-state index is 0.0428. The third-order valence-corrected chi connectivity index (χ3v) is 3.01. The minimum Gasteiger partial charge on any atom is -0.312 e. The molecule has 1 heterocycles. The van der Waals surface area contributed by atoms with Gasteiger partial charge in [0.1, 0.15) is 0 Å². The predicted octanol–water partition coefficient (Wildman–Crippen LogP) is 2.02. The van der Waals surface area contributed by atoms with Crippen LogP contribution in [0.5, 0.6) is 0 Å². The lowest BCUT2D eigenvalue weighted by Gasteiger charge is -2.06. The van der Waals surface area contributed by atoms with Crippen molar-refractivity contribution in [1.29, 1.82) is 0 Å². The van der Waals surface area contributed by atoms with Crippen molar-refractivity contribution in [2.24, 2.45) is 0 Å². The van der Waals surface area contributed by atoms with Gasteiger partial charge in [-0.15, -0.1) is 5.10 Å². The van der Waals surface area contributed by atoms with Gasteiger partial charge in [0, 0.05) is 35.9 Å². The number of nitro benzene ring substituents is 1.